The molecule has 0 saturated heterocycles. The van der Waals surface area contributed by atoms with E-state index in [2.05, 4.69) is 71.5 Å². The van der Waals surface area contributed by atoms with Gasteiger partial charge in [0.1, 0.15) is 0 Å². The van der Waals surface area contributed by atoms with Gasteiger partial charge in [-0.1, -0.05) is 77.8 Å². The van der Waals surface area contributed by atoms with Gasteiger partial charge in [0.25, 0.3) is 0 Å². The summed E-state index contributed by atoms with van der Waals surface area (Å²) in [6.45, 7) is 6.45. The Kier molecular flexibility index (Phi) is 10.8. The van der Waals surface area contributed by atoms with E-state index in [-0.39, 0.29) is 0 Å². The minimum Gasteiger partial charge on any atom is -0.297 e. The lowest BCUT2D eigenvalue weighted by Crippen LogP contribution is -2.00. The maximum absolute atomic E-state index is 9.61. The van der Waals surface area contributed by atoms with Gasteiger partial charge in [0, 0.05) is 24.2 Å². The molecule has 0 aliphatic heterocycles. The maximum Gasteiger partial charge on any atom is 0.163 e. The van der Waals surface area contributed by atoms with Crippen molar-refractivity contribution in [3.63, 3.8) is 0 Å². The Morgan fingerprint density at radius 3 is 2.06 bits per heavy atom. The summed E-state index contributed by atoms with van der Waals surface area (Å²) >= 11 is 12.4. The normalized spacial score (nSPS) is 12.1. The lowest BCUT2D eigenvalue weighted by Gasteiger charge is -2.09. The molecule has 3 nitrogen and oxygen atoms in total. The number of allylic oxidation sites excluding steroid dienone is 2. The van der Waals surface area contributed by atoms with Crippen LogP contribution in [0.4, 0.5) is 0 Å². The van der Waals surface area contributed by atoms with Gasteiger partial charge in [0.15, 0.2) is 6.29 Å². The summed E-state index contributed by atoms with van der Waals surface area (Å²) in [5.41, 5.74) is 7.00. The maximum atomic E-state index is 9.61. The average molecular weight is 479 g/mol. The van der Waals surface area contributed by atoms with Crippen molar-refractivity contribution in [1.29, 1.82) is 0 Å². The first kappa shape index (κ1) is 26.2. The number of hydrogen-bond acceptors (Lipinski definition) is 3. The number of nitrogens with zero attached hydrogens (tertiary/aromatic N) is 2. The van der Waals surface area contributed by atoms with Gasteiger partial charge in [-0.3, -0.25) is 14.8 Å². The SMILES string of the molecule is CCN=C(/C=C(\C)c1ccc(-c2ccccc2)cc1)c1ccc(Cl)cc1Cl.CN=C(C)C=O. The Morgan fingerprint density at radius 1 is 0.909 bits per heavy atom. The monoisotopic (exact) mass is 478 g/mol. The van der Waals surface area contributed by atoms with Crippen LogP contribution >= 0.6 is 23.2 Å². The molecule has 0 spiro atoms. The number of halogens is 2. The standard InChI is InChI=1S/C24H21Cl2N.C4H7NO/c1-3-27-24(22-14-13-21(25)16-23(22)26)15-17(2)18-9-11-20(12-10-18)19-7-5-4-6-8-19;1-4(3-6)5-2/h4-16H,3H2,1-2H3;3H,1-2H3/b17-15+,27-24?;. The van der Waals surface area contributed by atoms with Gasteiger partial charge in [-0.2, -0.15) is 0 Å². The molecule has 33 heavy (non-hydrogen) atoms. The topological polar surface area (TPSA) is 41.8 Å². The van der Waals surface area contributed by atoms with Crippen molar-refractivity contribution in [3.05, 3.63) is 100 Å². The highest BCUT2D eigenvalue weighted by molar-refractivity contribution is 6.37. The molecule has 0 bridgehead atoms. The summed E-state index contributed by atoms with van der Waals surface area (Å²) in [4.78, 5) is 17.8. The van der Waals surface area contributed by atoms with Crippen LogP contribution in [0, 0.1) is 0 Å². The van der Waals surface area contributed by atoms with Crippen LogP contribution in [0.5, 0.6) is 0 Å². The molecular weight excluding hydrogens is 451 g/mol. The van der Waals surface area contributed by atoms with Crippen LogP contribution < -0.4 is 0 Å². The zero-order chi connectivity index (χ0) is 24.2. The van der Waals surface area contributed by atoms with Crippen molar-refractivity contribution in [1.82, 2.24) is 0 Å². The second kappa shape index (κ2) is 13.5. The number of rotatable bonds is 6. The van der Waals surface area contributed by atoms with E-state index in [4.69, 9.17) is 23.2 Å². The Morgan fingerprint density at radius 2 is 1.55 bits per heavy atom. The molecule has 0 aliphatic carbocycles. The minimum atomic E-state index is 0.537. The van der Waals surface area contributed by atoms with Crippen molar-refractivity contribution >= 4 is 46.5 Å². The Balaban J connectivity index is 0.000000569. The van der Waals surface area contributed by atoms with Gasteiger partial charge in [-0.15, -0.1) is 0 Å². The third-order valence-electron chi connectivity index (χ3n) is 4.86. The summed E-state index contributed by atoms with van der Waals surface area (Å²) < 4.78 is 0. The molecule has 3 aromatic carbocycles. The van der Waals surface area contributed by atoms with Gasteiger partial charge in [0.05, 0.1) is 16.4 Å². The number of benzene rings is 3. The summed E-state index contributed by atoms with van der Waals surface area (Å²) in [5.74, 6) is 0. The van der Waals surface area contributed by atoms with Crippen LogP contribution in [0.2, 0.25) is 10.0 Å². The van der Waals surface area contributed by atoms with Crippen molar-refractivity contribution in [2.24, 2.45) is 9.98 Å². The molecular formula is C28H28Cl2N2O. The highest BCUT2D eigenvalue weighted by Crippen LogP contribution is 2.25. The number of carbonyl (C=O) groups excluding carboxylic acids is 1. The minimum absolute atomic E-state index is 0.537. The summed E-state index contributed by atoms with van der Waals surface area (Å²) in [5, 5.41) is 1.23. The van der Waals surface area contributed by atoms with E-state index in [0.717, 1.165) is 28.7 Å². The molecule has 0 atom stereocenters. The van der Waals surface area contributed by atoms with Crippen LogP contribution in [0.15, 0.2) is 88.9 Å². The van der Waals surface area contributed by atoms with Crippen molar-refractivity contribution < 1.29 is 4.79 Å². The number of aldehydes is 1. The van der Waals surface area contributed by atoms with E-state index in [9.17, 15) is 4.79 Å². The van der Waals surface area contributed by atoms with Crippen molar-refractivity contribution in [3.8, 4) is 11.1 Å². The molecule has 5 heteroatoms. The lowest BCUT2D eigenvalue weighted by molar-refractivity contribution is -0.102. The number of aliphatic imine (C=N–C) groups is 2. The van der Waals surface area contributed by atoms with E-state index in [0.29, 0.717) is 22.3 Å². The molecule has 0 N–H and O–H groups in total. The lowest BCUT2D eigenvalue weighted by atomic mass is 9.99. The molecule has 0 amide bonds. The van der Waals surface area contributed by atoms with Gasteiger partial charge in [-0.25, -0.2) is 0 Å². The van der Waals surface area contributed by atoms with E-state index in [1.165, 1.54) is 11.1 Å². The smallest absolute Gasteiger partial charge is 0.163 e. The molecule has 0 saturated carbocycles. The third-order valence-corrected chi connectivity index (χ3v) is 5.41. The Bertz CT molecular complexity index is 1150. The quantitative estimate of drug-likeness (QED) is 0.262. The van der Waals surface area contributed by atoms with Gasteiger partial charge >= 0.3 is 0 Å². The van der Waals surface area contributed by atoms with Gasteiger partial charge in [-0.05, 0) is 67.3 Å². The second-order valence-corrected chi connectivity index (χ2v) is 8.08. The molecule has 0 fully saturated rings. The molecule has 0 radical (unpaired) electrons. The van der Waals surface area contributed by atoms with Crippen LogP contribution in [-0.2, 0) is 4.79 Å². The van der Waals surface area contributed by atoms with Crippen molar-refractivity contribution in [2.75, 3.05) is 13.6 Å². The Labute approximate surface area is 206 Å². The van der Waals surface area contributed by atoms with E-state index < -0.39 is 0 Å². The highest BCUT2D eigenvalue weighted by atomic mass is 35.5. The summed E-state index contributed by atoms with van der Waals surface area (Å²) in [6.07, 6.45) is 2.80. The number of carbonyl (C=O) groups is 1. The van der Waals surface area contributed by atoms with Crippen LogP contribution in [0.1, 0.15) is 31.9 Å². The van der Waals surface area contributed by atoms with Crippen LogP contribution in [0.25, 0.3) is 16.7 Å². The van der Waals surface area contributed by atoms with Crippen LogP contribution in [-0.4, -0.2) is 31.3 Å². The van der Waals surface area contributed by atoms with E-state index >= 15 is 0 Å². The molecule has 0 heterocycles. The fourth-order valence-electron chi connectivity index (χ4n) is 2.97. The van der Waals surface area contributed by atoms with Crippen molar-refractivity contribution in [2.45, 2.75) is 20.8 Å². The summed E-state index contributed by atoms with van der Waals surface area (Å²) in [7, 11) is 1.59. The first-order valence-electron chi connectivity index (χ1n) is 10.6. The largest absolute Gasteiger partial charge is 0.297 e. The predicted molar refractivity (Wildman–Crippen MR) is 144 cm³/mol. The van der Waals surface area contributed by atoms with E-state index in [1.54, 1.807) is 20.0 Å². The first-order valence-corrected chi connectivity index (χ1v) is 11.4. The summed E-state index contributed by atoms with van der Waals surface area (Å²) in [6, 6.07) is 24.5. The van der Waals surface area contributed by atoms with Gasteiger partial charge in [0.2, 0.25) is 0 Å². The highest BCUT2D eigenvalue weighted by Gasteiger charge is 2.08. The molecule has 0 aromatic heterocycles. The molecule has 170 valence electrons. The second-order valence-electron chi connectivity index (χ2n) is 7.24. The fraction of sp³-hybridized carbons (Fsp3) is 0.179. The zero-order valence-corrected chi connectivity index (χ0v) is 20.9. The molecule has 0 aliphatic rings. The third kappa shape index (κ3) is 8.12. The average Bonchev–Trinajstić information content (AvgIpc) is 2.84. The molecule has 3 aromatic rings. The predicted octanol–water partition coefficient (Wildman–Crippen LogP) is 7.85. The molecule has 3 rings (SSSR count). The molecule has 0 unspecified atom stereocenters. The van der Waals surface area contributed by atoms with E-state index in [1.807, 2.05) is 25.1 Å². The fourth-order valence-corrected chi connectivity index (χ4v) is 3.48. The number of hydrogen-bond donors (Lipinski definition) is 0. The Hall–Kier alpha value is -3.01. The zero-order valence-electron chi connectivity index (χ0n) is 19.3. The van der Waals surface area contributed by atoms with Crippen LogP contribution in [0.3, 0.4) is 0 Å². The first-order chi connectivity index (χ1) is 15.9. The van der Waals surface area contributed by atoms with Gasteiger partial charge < -0.3 is 0 Å².